The number of rotatable bonds is 8. The maximum absolute atomic E-state index is 12.3. The molecule has 0 radical (unpaired) electrons. The second kappa shape index (κ2) is 9.23. The molecule has 1 aliphatic heterocycles. The highest BCUT2D eigenvalue weighted by molar-refractivity contribution is 5.95. The van der Waals surface area contributed by atoms with Crippen LogP contribution in [0.4, 0.5) is 0 Å². The summed E-state index contributed by atoms with van der Waals surface area (Å²) < 4.78 is 16.0. The first-order valence-electron chi connectivity index (χ1n) is 9.27. The summed E-state index contributed by atoms with van der Waals surface area (Å²) in [5, 5.41) is 4.08. The van der Waals surface area contributed by atoms with E-state index in [1.165, 1.54) is 0 Å². The molecule has 0 aliphatic carbocycles. The van der Waals surface area contributed by atoms with E-state index in [0.717, 1.165) is 36.5 Å². The zero-order valence-electron chi connectivity index (χ0n) is 16.4. The fourth-order valence-electron chi connectivity index (χ4n) is 2.96. The van der Waals surface area contributed by atoms with Gasteiger partial charge in [0.25, 0.3) is 5.91 Å². The summed E-state index contributed by atoms with van der Waals surface area (Å²) in [4.78, 5) is 14.6. The molecule has 0 saturated heterocycles. The predicted octanol–water partition coefficient (Wildman–Crippen LogP) is 3.03. The maximum atomic E-state index is 12.3. The molecule has 7 nitrogen and oxygen atoms in total. The molecule has 0 aromatic heterocycles. The Morgan fingerprint density at radius 2 is 1.96 bits per heavy atom. The van der Waals surface area contributed by atoms with Gasteiger partial charge in [-0.3, -0.25) is 9.69 Å². The van der Waals surface area contributed by atoms with Crippen LogP contribution < -0.4 is 19.6 Å². The minimum Gasteiger partial charge on any atom is -0.496 e. The van der Waals surface area contributed by atoms with E-state index in [9.17, 15) is 4.79 Å². The van der Waals surface area contributed by atoms with Gasteiger partial charge in [0.1, 0.15) is 5.75 Å². The first-order valence-corrected chi connectivity index (χ1v) is 9.27. The molecule has 0 spiro atoms. The number of methoxy groups -OCH3 is 1. The van der Waals surface area contributed by atoms with Crippen molar-refractivity contribution in [3.63, 3.8) is 0 Å². The van der Waals surface area contributed by atoms with E-state index in [2.05, 4.69) is 29.3 Å². The van der Waals surface area contributed by atoms with Gasteiger partial charge in [-0.1, -0.05) is 13.8 Å². The van der Waals surface area contributed by atoms with Gasteiger partial charge in [0, 0.05) is 17.7 Å². The Morgan fingerprint density at radius 3 is 2.71 bits per heavy atom. The molecule has 1 N–H and O–H groups in total. The summed E-state index contributed by atoms with van der Waals surface area (Å²) in [5.41, 5.74) is 4.96. The number of benzene rings is 2. The number of hydrogen-bond acceptors (Lipinski definition) is 6. The molecule has 7 heteroatoms. The third-order valence-corrected chi connectivity index (χ3v) is 4.61. The number of amides is 1. The van der Waals surface area contributed by atoms with Crippen LogP contribution in [-0.4, -0.2) is 44.0 Å². The van der Waals surface area contributed by atoms with Crippen LogP contribution in [0.15, 0.2) is 41.5 Å². The van der Waals surface area contributed by atoms with Gasteiger partial charge >= 0.3 is 0 Å². The zero-order valence-corrected chi connectivity index (χ0v) is 16.4. The van der Waals surface area contributed by atoms with Crippen molar-refractivity contribution in [2.24, 2.45) is 5.10 Å². The number of carbonyl (C=O) groups is 1. The topological polar surface area (TPSA) is 72.4 Å². The lowest BCUT2D eigenvalue weighted by molar-refractivity contribution is 0.0954. The number of fused-ring (bicyclic) bond motifs is 1. The molecular weight excluding hydrogens is 358 g/mol. The molecular formula is C21H25N3O4. The quantitative estimate of drug-likeness (QED) is 0.560. The average Bonchev–Trinajstić information content (AvgIpc) is 3.20. The summed E-state index contributed by atoms with van der Waals surface area (Å²) in [6.45, 7) is 7.15. The summed E-state index contributed by atoms with van der Waals surface area (Å²) in [5.74, 6) is 1.73. The van der Waals surface area contributed by atoms with Crippen LogP contribution in [-0.2, 0) is 6.54 Å². The largest absolute Gasteiger partial charge is 0.496 e. The van der Waals surface area contributed by atoms with Crippen molar-refractivity contribution in [2.75, 3.05) is 27.0 Å². The van der Waals surface area contributed by atoms with Crippen LogP contribution in [0.1, 0.15) is 35.3 Å². The molecule has 1 aliphatic rings. The van der Waals surface area contributed by atoms with Crippen molar-refractivity contribution in [3.8, 4) is 17.2 Å². The summed E-state index contributed by atoms with van der Waals surface area (Å²) in [7, 11) is 1.67. The van der Waals surface area contributed by atoms with Crippen LogP contribution >= 0.6 is 0 Å². The van der Waals surface area contributed by atoms with Crippen LogP contribution in [0, 0.1) is 0 Å². The van der Waals surface area contributed by atoms with Crippen LogP contribution in [0.3, 0.4) is 0 Å². The van der Waals surface area contributed by atoms with E-state index < -0.39 is 0 Å². The minimum atomic E-state index is -0.313. The molecule has 0 fully saturated rings. The maximum Gasteiger partial charge on any atom is 0.271 e. The SMILES string of the molecule is CCN(CC)Cc1cc(/C=N\NC(=O)c2ccc3c(c2)OCO3)ccc1OC. The fourth-order valence-corrected chi connectivity index (χ4v) is 2.96. The van der Waals surface area contributed by atoms with E-state index in [1.807, 2.05) is 18.2 Å². The van der Waals surface area contributed by atoms with Gasteiger partial charge in [-0.05, 0) is 55.1 Å². The number of ether oxygens (including phenoxy) is 3. The van der Waals surface area contributed by atoms with Crippen LogP contribution in [0.5, 0.6) is 17.2 Å². The van der Waals surface area contributed by atoms with Crippen molar-refractivity contribution < 1.29 is 19.0 Å². The lowest BCUT2D eigenvalue weighted by atomic mass is 10.1. The highest BCUT2D eigenvalue weighted by atomic mass is 16.7. The number of nitrogens with one attached hydrogen (secondary N) is 1. The Labute approximate surface area is 164 Å². The van der Waals surface area contributed by atoms with Crippen molar-refractivity contribution in [1.29, 1.82) is 0 Å². The molecule has 148 valence electrons. The number of hydrogen-bond donors (Lipinski definition) is 1. The van der Waals surface area contributed by atoms with Gasteiger partial charge in [0.2, 0.25) is 6.79 Å². The van der Waals surface area contributed by atoms with Crippen LogP contribution in [0.25, 0.3) is 0 Å². The van der Waals surface area contributed by atoms with Gasteiger partial charge in [0.05, 0.1) is 13.3 Å². The second-order valence-electron chi connectivity index (χ2n) is 6.30. The zero-order chi connectivity index (χ0) is 19.9. The second-order valence-corrected chi connectivity index (χ2v) is 6.30. The van der Waals surface area contributed by atoms with Crippen molar-refractivity contribution in [1.82, 2.24) is 10.3 Å². The number of nitrogens with zero attached hydrogens (tertiary/aromatic N) is 2. The first-order chi connectivity index (χ1) is 13.6. The molecule has 2 aromatic carbocycles. The van der Waals surface area contributed by atoms with Gasteiger partial charge in [-0.25, -0.2) is 5.43 Å². The Morgan fingerprint density at radius 1 is 1.18 bits per heavy atom. The highest BCUT2D eigenvalue weighted by Crippen LogP contribution is 2.32. The molecule has 0 unspecified atom stereocenters. The number of carbonyl (C=O) groups excluding carboxylic acids is 1. The lowest BCUT2D eigenvalue weighted by Gasteiger charge is -2.19. The lowest BCUT2D eigenvalue weighted by Crippen LogP contribution is -2.22. The van der Waals surface area contributed by atoms with Crippen molar-refractivity contribution >= 4 is 12.1 Å². The highest BCUT2D eigenvalue weighted by Gasteiger charge is 2.16. The van der Waals surface area contributed by atoms with E-state index in [-0.39, 0.29) is 12.7 Å². The predicted molar refractivity (Wildman–Crippen MR) is 107 cm³/mol. The average molecular weight is 383 g/mol. The first kappa shape index (κ1) is 19.7. The molecule has 0 bridgehead atoms. The van der Waals surface area contributed by atoms with E-state index >= 15 is 0 Å². The summed E-state index contributed by atoms with van der Waals surface area (Å²) >= 11 is 0. The fraction of sp³-hybridized carbons (Fsp3) is 0.333. The van der Waals surface area contributed by atoms with E-state index in [1.54, 1.807) is 31.5 Å². The molecule has 2 aromatic rings. The molecule has 28 heavy (non-hydrogen) atoms. The molecule has 1 heterocycles. The third kappa shape index (κ3) is 4.61. The molecule has 1 amide bonds. The standard InChI is InChI=1S/C21H25N3O4/c1-4-24(5-2)13-17-10-15(6-8-18(17)26-3)12-22-23-21(25)16-7-9-19-20(11-16)28-14-27-19/h6-12H,4-5,13-14H2,1-3H3,(H,23,25)/b22-12-. The monoisotopic (exact) mass is 383 g/mol. The molecule has 0 atom stereocenters. The van der Waals surface area contributed by atoms with Gasteiger partial charge in [0.15, 0.2) is 11.5 Å². The van der Waals surface area contributed by atoms with E-state index in [4.69, 9.17) is 14.2 Å². The van der Waals surface area contributed by atoms with Crippen LogP contribution in [0.2, 0.25) is 0 Å². The summed E-state index contributed by atoms with van der Waals surface area (Å²) in [6.07, 6.45) is 1.62. The van der Waals surface area contributed by atoms with Gasteiger partial charge in [-0.2, -0.15) is 5.10 Å². The molecule has 0 saturated carbocycles. The normalized spacial score (nSPS) is 12.6. The Hall–Kier alpha value is -3.06. The number of hydrazone groups is 1. The van der Waals surface area contributed by atoms with Crippen molar-refractivity contribution in [3.05, 3.63) is 53.1 Å². The third-order valence-electron chi connectivity index (χ3n) is 4.61. The van der Waals surface area contributed by atoms with Crippen molar-refractivity contribution in [2.45, 2.75) is 20.4 Å². The van der Waals surface area contributed by atoms with E-state index in [0.29, 0.717) is 17.1 Å². The Balaban J connectivity index is 1.67. The summed E-state index contributed by atoms with van der Waals surface area (Å²) in [6, 6.07) is 10.9. The van der Waals surface area contributed by atoms with Gasteiger partial charge < -0.3 is 14.2 Å². The molecule has 3 rings (SSSR count). The van der Waals surface area contributed by atoms with Gasteiger partial charge in [-0.15, -0.1) is 0 Å². The Kier molecular flexibility index (Phi) is 6.49. The Bertz CT molecular complexity index is 863. The minimum absolute atomic E-state index is 0.172. The smallest absolute Gasteiger partial charge is 0.271 e.